The zero-order chi connectivity index (χ0) is 13.4. The number of rotatable bonds is 2. The van der Waals surface area contributed by atoms with Gasteiger partial charge in [0.1, 0.15) is 12.0 Å². The minimum absolute atomic E-state index is 0.553. The van der Waals surface area contributed by atoms with Crippen molar-refractivity contribution in [1.29, 1.82) is 0 Å². The van der Waals surface area contributed by atoms with E-state index < -0.39 is 0 Å². The van der Waals surface area contributed by atoms with Gasteiger partial charge < -0.3 is 4.42 Å². The van der Waals surface area contributed by atoms with E-state index in [1.54, 1.807) is 10.8 Å². The molecule has 5 nitrogen and oxygen atoms in total. The number of aromatic nitrogens is 4. The molecule has 3 heterocycles. The molecule has 0 saturated carbocycles. The molecule has 3 aromatic heterocycles. The van der Waals surface area contributed by atoms with Crippen LogP contribution in [0.3, 0.4) is 0 Å². The molecule has 1 aromatic carbocycles. The molecule has 5 heteroatoms. The van der Waals surface area contributed by atoms with Crippen molar-refractivity contribution in [3.05, 3.63) is 61.1 Å². The SMILES string of the molecule is c1ccc(-c2cc(-c3ccco3)nc3ncnn23)cc1. The summed E-state index contributed by atoms with van der Waals surface area (Å²) in [6.45, 7) is 0. The summed E-state index contributed by atoms with van der Waals surface area (Å²) in [5.74, 6) is 1.27. The van der Waals surface area contributed by atoms with E-state index in [9.17, 15) is 0 Å². The maximum Gasteiger partial charge on any atom is 0.253 e. The fourth-order valence-electron chi connectivity index (χ4n) is 2.18. The van der Waals surface area contributed by atoms with E-state index in [1.165, 1.54) is 6.33 Å². The van der Waals surface area contributed by atoms with E-state index in [2.05, 4.69) is 15.1 Å². The Labute approximate surface area is 114 Å². The molecule has 0 spiro atoms. The van der Waals surface area contributed by atoms with Crippen LogP contribution in [0.4, 0.5) is 0 Å². The van der Waals surface area contributed by atoms with Crippen LogP contribution in [0.1, 0.15) is 0 Å². The summed E-state index contributed by atoms with van der Waals surface area (Å²) in [5.41, 5.74) is 2.73. The monoisotopic (exact) mass is 262 g/mol. The summed E-state index contributed by atoms with van der Waals surface area (Å²) in [4.78, 5) is 8.63. The van der Waals surface area contributed by atoms with Crippen LogP contribution in [0.2, 0.25) is 0 Å². The van der Waals surface area contributed by atoms with Gasteiger partial charge >= 0.3 is 0 Å². The summed E-state index contributed by atoms with van der Waals surface area (Å²) in [6.07, 6.45) is 3.13. The maximum absolute atomic E-state index is 5.42. The van der Waals surface area contributed by atoms with Gasteiger partial charge in [-0.25, -0.2) is 4.98 Å². The van der Waals surface area contributed by atoms with Gasteiger partial charge in [0.25, 0.3) is 5.78 Å². The fraction of sp³-hybridized carbons (Fsp3) is 0. The zero-order valence-corrected chi connectivity index (χ0v) is 10.5. The van der Waals surface area contributed by atoms with Gasteiger partial charge in [-0.15, -0.1) is 0 Å². The lowest BCUT2D eigenvalue weighted by atomic mass is 10.1. The molecule has 0 radical (unpaired) electrons. The second kappa shape index (κ2) is 4.31. The molecule has 0 bridgehead atoms. The first kappa shape index (κ1) is 10.9. The molecular weight excluding hydrogens is 252 g/mol. The number of furan rings is 1. The number of hydrogen-bond acceptors (Lipinski definition) is 4. The van der Waals surface area contributed by atoms with Gasteiger partial charge in [0.2, 0.25) is 0 Å². The summed E-state index contributed by atoms with van der Waals surface area (Å²) >= 11 is 0. The van der Waals surface area contributed by atoms with Crippen molar-refractivity contribution in [3.8, 4) is 22.7 Å². The second-order valence-corrected chi connectivity index (χ2v) is 4.34. The van der Waals surface area contributed by atoms with Gasteiger partial charge in [-0.1, -0.05) is 30.3 Å². The van der Waals surface area contributed by atoms with Crippen LogP contribution in [0.15, 0.2) is 65.5 Å². The average molecular weight is 262 g/mol. The molecular formula is C15H10N4O. The molecule has 0 saturated heterocycles. The van der Waals surface area contributed by atoms with Crippen molar-refractivity contribution in [1.82, 2.24) is 19.6 Å². The second-order valence-electron chi connectivity index (χ2n) is 4.34. The molecule has 20 heavy (non-hydrogen) atoms. The lowest BCUT2D eigenvalue weighted by Gasteiger charge is -2.06. The Kier molecular flexibility index (Phi) is 2.35. The highest BCUT2D eigenvalue weighted by atomic mass is 16.3. The minimum Gasteiger partial charge on any atom is -0.463 e. The Balaban J connectivity index is 2.01. The summed E-state index contributed by atoms with van der Waals surface area (Å²) in [6, 6.07) is 15.7. The molecule has 4 aromatic rings. The Morgan fingerprint density at radius 2 is 1.90 bits per heavy atom. The molecule has 0 aliphatic rings. The smallest absolute Gasteiger partial charge is 0.253 e. The van der Waals surface area contributed by atoms with E-state index in [-0.39, 0.29) is 0 Å². The quantitative estimate of drug-likeness (QED) is 0.557. The predicted molar refractivity (Wildman–Crippen MR) is 73.9 cm³/mol. The number of fused-ring (bicyclic) bond motifs is 1. The lowest BCUT2D eigenvalue weighted by Crippen LogP contribution is -1.98. The van der Waals surface area contributed by atoms with Crippen molar-refractivity contribution >= 4 is 5.78 Å². The van der Waals surface area contributed by atoms with Crippen LogP contribution in [-0.4, -0.2) is 19.6 Å². The van der Waals surface area contributed by atoms with E-state index in [4.69, 9.17) is 4.42 Å². The third-order valence-corrected chi connectivity index (χ3v) is 3.10. The zero-order valence-electron chi connectivity index (χ0n) is 10.5. The van der Waals surface area contributed by atoms with Gasteiger partial charge in [0, 0.05) is 5.56 Å². The van der Waals surface area contributed by atoms with Crippen LogP contribution >= 0.6 is 0 Å². The Morgan fingerprint density at radius 3 is 2.70 bits per heavy atom. The van der Waals surface area contributed by atoms with Crippen LogP contribution < -0.4 is 0 Å². The molecule has 0 aliphatic carbocycles. The highest BCUT2D eigenvalue weighted by Gasteiger charge is 2.11. The Morgan fingerprint density at radius 1 is 1.00 bits per heavy atom. The van der Waals surface area contributed by atoms with Crippen LogP contribution in [0.5, 0.6) is 0 Å². The van der Waals surface area contributed by atoms with Crippen LogP contribution in [-0.2, 0) is 0 Å². The standard InChI is InChI=1S/C15H10N4O/c1-2-5-11(6-3-1)13-9-12(14-7-4-8-20-14)18-15-16-10-17-19(13)15/h1-10H. The van der Waals surface area contributed by atoms with Crippen molar-refractivity contribution in [3.63, 3.8) is 0 Å². The summed E-state index contributed by atoms with van der Waals surface area (Å²) in [5, 5.41) is 4.23. The van der Waals surface area contributed by atoms with Gasteiger partial charge in [0.15, 0.2) is 5.76 Å². The first-order valence-electron chi connectivity index (χ1n) is 6.22. The first-order valence-corrected chi connectivity index (χ1v) is 6.22. The number of hydrogen-bond donors (Lipinski definition) is 0. The van der Waals surface area contributed by atoms with Crippen molar-refractivity contribution in [2.75, 3.05) is 0 Å². The topological polar surface area (TPSA) is 56.2 Å². The molecule has 96 valence electrons. The van der Waals surface area contributed by atoms with Crippen molar-refractivity contribution in [2.24, 2.45) is 0 Å². The molecule has 0 atom stereocenters. The van der Waals surface area contributed by atoms with E-state index in [0.717, 1.165) is 17.0 Å². The fourth-order valence-corrected chi connectivity index (χ4v) is 2.18. The molecule has 0 aliphatic heterocycles. The molecule has 0 fully saturated rings. The number of nitrogens with zero attached hydrogens (tertiary/aromatic N) is 4. The number of benzene rings is 1. The van der Waals surface area contributed by atoms with Crippen molar-refractivity contribution in [2.45, 2.75) is 0 Å². The Hall–Kier alpha value is -2.95. The van der Waals surface area contributed by atoms with Crippen LogP contribution in [0.25, 0.3) is 28.5 Å². The molecule has 4 rings (SSSR count). The lowest BCUT2D eigenvalue weighted by molar-refractivity contribution is 0.580. The highest BCUT2D eigenvalue weighted by molar-refractivity contribution is 5.68. The van der Waals surface area contributed by atoms with Gasteiger partial charge in [-0.2, -0.15) is 14.6 Å². The normalized spacial score (nSPS) is 11.0. The predicted octanol–water partition coefficient (Wildman–Crippen LogP) is 3.05. The van der Waals surface area contributed by atoms with Crippen LogP contribution in [0, 0.1) is 0 Å². The maximum atomic E-state index is 5.42. The van der Waals surface area contributed by atoms with E-state index in [1.807, 2.05) is 48.5 Å². The average Bonchev–Trinajstić information content (AvgIpc) is 3.18. The van der Waals surface area contributed by atoms with Gasteiger partial charge in [-0.05, 0) is 18.2 Å². The largest absolute Gasteiger partial charge is 0.463 e. The minimum atomic E-state index is 0.553. The summed E-state index contributed by atoms with van der Waals surface area (Å²) in [7, 11) is 0. The first-order chi connectivity index (χ1) is 9.92. The summed E-state index contributed by atoms with van der Waals surface area (Å²) < 4.78 is 7.14. The van der Waals surface area contributed by atoms with Gasteiger partial charge in [-0.3, -0.25) is 0 Å². The van der Waals surface area contributed by atoms with E-state index >= 15 is 0 Å². The third kappa shape index (κ3) is 1.68. The van der Waals surface area contributed by atoms with Crippen molar-refractivity contribution < 1.29 is 4.42 Å². The van der Waals surface area contributed by atoms with Gasteiger partial charge in [0.05, 0.1) is 12.0 Å². The third-order valence-electron chi connectivity index (χ3n) is 3.10. The molecule has 0 unspecified atom stereocenters. The van der Waals surface area contributed by atoms with E-state index in [0.29, 0.717) is 11.5 Å². The molecule has 0 N–H and O–H groups in total. The molecule has 0 amide bonds. The highest BCUT2D eigenvalue weighted by Crippen LogP contribution is 2.25. The Bertz CT molecular complexity index is 850.